The van der Waals surface area contributed by atoms with Crippen LogP contribution >= 0.6 is 0 Å². The molecule has 25 heavy (non-hydrogen) atoms. The lowest BCUT2D eigenvalue weighted by Crippen LogP contribution is -2.50. The molecule has 0 unspecified atom stereocenters. The van der Waals surface area contributed by atoms with Crippen molar-refractivity contribution in [1.82, 2.24) is 4.90 Å². The molecular formula is C21H27N3O. The third-order valence-corrected chi connectivity index (χ3v) is 4.90. The monoisotopic (exact) mass is 337 g/mol. The molecule has 0 saturated carbocycles. The molecule has 4 nitrogen and oxygen atoms in total. The molecule has 0 spiro atoms. The van der Waals surface area contributed by atoms with E-state index in [1.807, 2.05) is 24.0 Å². The highest BCUT2D eigenvalue weighted by molar-refractivity contribution is 5.90. The lowest BCUT2D eigenvalue weighted by Gasteiger charge is -2.37. The zero-order valence-electron chi connectivity index (χ0n) is 15.4. The van der Waals surface area contributed by atoms with Gasteiger partial charge in [0.05, 0.1) is 0 Å². The van der Waals surface area contributed by atoms with Crippen LogP contribution in [-0.4, -0.2) is 37.1 Å². The Morgan fingerprint density at radius 2 is 1.76 bits per heavy atom. The number of aryl methyl sites for hydroxylation is 3. The van der Waals surface area contributed by atoms with Gasteiger partial charge in [-0.15, -0.1) is 0 Å². The first kappa shape index (κ1) is 17.3. The van der Waals surface area contributed by atoms with Gasteiger partial charge < -0.3 is 15.1 Å². The number of nitrogens with one attached hydrogen (secondary N) is 1. The number of rotatable bonds is 3. The number of carbonyl (C=O) groups is 1. The molecule has 0 bridgehead atoms. The number of anilines is 2. The van der Waals surface area contributed by atoms with E-state index in [1.165, 1.54) is 16.8 Å². The van der Waals surface area contributed by atoms with Gasteiger partial charge in [0.25, 0.3) is 0 Å². The molecule has 1 aliphatic rings. The first-order valence-electron chi connectivity index (χ1n) is 9.04. The van der Waals surface area contributed by atoms with Gasteiger partial charge in [0.2, 0.25) is 0 Å². The van der Waals surface area contributed by atoms with E-state index in [9.17, 15) is 4.79 Å². The summed E-state index contributed by atoms with van der Waals surface area (Å²) in [4.78, 5) is 16.9. The smallest absolute Gasteiger partial charge is 0.321 e. The van der Waals surface area contributed by atoms with Crippen LogP contribution < -0.4 is 10.2 Å². The summed E-state index contributed by atoms with van der Waals surface area (Å²) in [6, 6.07) is 14.7. The first-order chi connectivity index (χ1) is 12.1. The molecule has 1 N–H and O–H groups in total. The summed E-state index contributed by atoms with van der Waals surface area (Å²) in [6.45, 7) is 9.51. The van der Waals surface area contributed by atoms with Crippen molar-refractivity contribution in [3.8, 4) is 0 Å². The molecule has 0 aliphatic carbocycles. The SMILES string of the molecule is CCc1ccccc1N1CCN(C(=O)Nc2ccc(C)cc2C)CC1. The van der Waals surface area contributed by atoms with E-state index in [0.717, 1.165) is 43.9 Å². The molecule has 0 atom stereocenters. The number of amides is 2. The molecule has 2 amide bonds. The Balaban J connectivity index is 1.61. The normalized spacial score (nSPS) is 14.5. The second kappa shape index (κ2) is 7.60. The van der Waals surface area contributed by atoms with Crippen molar-refractivity contribution in [1.29, 1.82) is 0 Å². The zero-order valence-corrected chi connectivity index (χ0v) is 15.4. The van der Waals surface area contributed by atoms with Crippen LogP contribution in [-0.2, 0) is 6.42 Å². The molecule has 3 rings (SSSR count). The molecule has 1 aliphatic heterocycles. The third kappa shape index (κ3) is 3.95. The minimum atomic E-state index is -0.00428. The third-order valence-electron chi connectivity index (χ3n) is 4.90. The predicted octanol–water partition coefficient (Wildman–Crippen LogP) is 4.22. The maximum absolute atomic E-state index is 12.6. The highest BCUT2D eigenvalue weighted by atomic mass is 16.2. The molecule has 4 heteroatoms. The van der Waals surface area contributed by atoms with E-state index in [1.54, 1.807) is 0 Å². The number of urea groups is 1. The van der Waals surface area contributed by atoms with Crippen LogP contribution in [0.2, 0.25) is 0 Å². The van der Waals surface area contributed by atoms with Crippen LogP contribution in [0.25, 0.3) is 0 Å². The van der Waals surface area contributed by atoms with Crippen molar-refractivity contribution in [3.63, 3.8) is 0 Å². The largest absolute Gasteiger partial charge is 0.368 e. The Hall–Kier alpha value is -2.49. The lowest BCUT2D eigenvalue weighted by atomic mass is 10.1. The Morgan fingerprint density at radius 3 is 2.44 bits per heavy atom. The topological polar surface area (TPSA) is 35.6 Å². The minimum Gasteiger partial charge on any atom is -0.368 e. The lowest BCUT2D eigenvalue weighted by molar-refractivity contribution is 0.208. The van der Waals surface area contributed by atoms with Gasteiger partial charge in [0, 0.05) is 37.6 Å². The van der Waals surface area contributed by atoms with E-state index in [2.05, 4.69) is 54.4 Å². The number of piperazine rings is 1. The Morgan fingerprint density at radius 1 is 1.04 bits per heavy atom. The van der Waals surface area contributed by atoms with Crippen LogP contribution in [0, 0.1) is 13.8 Å². The quantitative estimate of drug-likeness (QED) is 0.910. The van der Waals surface area contributed by atoms with Crippen LogP contribution in [0.4, 0.5) is 16.2 Å². The molecule has 1 heterocycles. The predicted molar refractivity (Wildman–Crippen MR) is 105 cm³/mol. The van der Waals surface area contributed by atoms with E-state index < -0.39 is 0 Å². The summed E-state index contributed by atoms with van der Waals surface area (Å²) >= 11 is 0. The van der Waals surface area contributed by atoms with Crippen molar-refractivity contribution in [2.45, 2.75) is 27.2 Å². The summed E-state index contributed by atoms with van der Waals surface area (Å²) in [5.41, 5.74) is 5.88. The minimum absolute atomic E-state index is 0.00428. The van der Waals surface area contributed by atoms with E-state index in [-0.39, 0.29) is 6.03 Å². The summed E-state index contributed by atoms with van der Waals surface area (Å²) in [6.07, 6.45) is 1.03. The molecular weight excluding hydrogens is 310 g/mol. The number of nitrogens with zero attached hydrogens (tertiary/aromatic N) is 2. The van der Waals surface area contributed by atoms with Gasteiger partial charge in [-0.05, 0) is 43.5 Å². The van der Waals surface area contributed by atoms with E-state index in [4.69, 9.17) is 0 Å². The highest BCUT2D eigenvalue weighted by Gasteiger charge is 2.22. The maximum atomic E-state index is 12.6. The molecule has 2 aromatic carbocycles. The number of hydrogen-bond acceptors (Lipinski definition) is 2. The maximum Gasteiger partial charge on any atom is 0.321 e. The highest BCUT2D eigenvalue weighted by Crippen LogP contribution is 2.23. The molecule has 0 radical (unpaired) electrons. The summed E-state index contributed by atoms with van der Waals surface area (Å²) in [5.74, 6) is 0. The Labute approximate surface area is 150 Å². The van der Waals surface area contributed by atoms with Crippen molar-refractivity contribution in [2.75, 3.05) is 36.4 Å². The summed E-state index contributed by atoms with van der Waals surface area (Å²) in [7, 11) is 0. The van der Waals surface area contributed by atoms with Crippen molar-refractivity contribution >= 4 is 17.4 Å². The van der Waals surface area contributed by atoms with E-state index >= 15 is 0 Å². The molecule has 0 aromatic heterocycles. The van der Waals surface area contributed by atoms with Crippen molar-refractivity contribution < 1.29 is 4.79 Å². The van der Waals surface area contributed by atoms with Gasteiger partial charge in [-0.25, -0.2) is 4.79 Å². The van der Waals surface area contributed by atoms with Gasteiger partial charge >= 0.3 is 6.03 Å². The molecule has 1 fully saturated rings. The number of benzene rings is 2. The van der Waals surface area contributed by atoms with Gasteiger partial charge in [-0.3, -0.25) is 0 Å². The van der Waals surface area contributed by atoms with Crippen LogP contribution in [0.1, 0.15) is 23.6 Å². The van der Waals surface area contributed by atoms with Crippen LogP contribution in [0.3, 0.4) is 0 Å². The summed E-state index contributed by atoms with van der Waals surface area (Å²) in [5, 5.41) is 3.05. The second-order valence-corrected chi connectivity index (χ2v) is 6.70. The van der Waals surface area contributed by atoms with Crippen LogP contribution in [0.5, 0.6) is 0 Å². The van der Waals surface area contributed by atoms with Gasteiger partial charge in [0.1, 0.15) is 0 Å². The fraction of sp³-hybridized carbons (Fsp3) is 0.381. The second-order valence-electron chi connectivity index (χ2n) is 6.70. The average molecular weight is 337 g/mol. The standard InChI is InChI=1S/C21H27N3O/c1-4-18-7-5-6-8-20(18)23-11-13-24(14-12-23)21(25)22-19-10-9-16(2)15-17(19)3/h5-10,15H,4,11-14H2,1-3H3,(H,22,25). The van der Waals surface area contributed by atoms with Gasteiger partial charge in [-0.2, -0.15) is 0 Å². The fourth-order valence-corrected chi connectivity index (χ4v) is 3.42. The first-order valence-corrected chi connectivity index (χ1v) is 9.04. The van der Waals surface area contributed by atoms with Crippen LogP contribution in [0.15, 0.2) is 42.5 Å². The van der Waals surface area contributed by atoms with Crippen molar-refractivity contribution in [3.05, 3.63) is 59.2 Å². The van der Waals surface area contributed by atoms with E-state index in [0.29, 0.717) is 0 Å². The number of hydrogen-bond donors (Lipinski definition) is 1. The zero-order chi connectivity index (χ0) is 17.8. The molecule has 132 valence electrons. The Bertz CT molecular complexity index is 749. The van der Waals surface area contributed by atoms with Gasteiger partial charge in [-0.1, -0.05) is 42.8 Å². The van der Waals surface area contributed by atoms with Crippen molar-refractivity contribution in [2.24, 2.45) is 0 Å². The van der Waals surface area contributed by atoms with Gasteiger partial charge in [0.15, 0.2) is 0 Å². The molecule has 2 aromatic rings. The molecule has 1 saturated heterocycles. The number of carbonyl (C=O) groups excluding carboxylic acids is 1. The number of para-hydroxylation sites is 1. The Kier molecular flexibility index (Phi) is 5.27. The fourth-order valence-electron chi connectivity index (χ4n) is 3.42. The summed E-state index contributed by atoms with van der Waals surface area (Å²) < 4.78 is 0. The average Bonchev–Trinajstić information content (AvgIpc) is 2.64.